The van der Waals surface area contributed by atoms with Crippen LogP contribution in [-0.2, 0) is 11.8 Å². The highest BCUT2D eigenvalue weighted by Crippen LogP contribution is 2.61. The third-order valence-corrected chi connectivity index (χ3v) is 14.7. The van der Waals surface area contributed by atoms with Crippen LogP contribution in [0.2, 0.25) is 0 Å². The van der Waals surface area contributed by atoms with Crippen molar-refractivity contribution in [1.29, 1.82) is 0 Å². The quantitative estimate of drug-likeness (QED) is 0.145. The molecule has 0 amide bonds. The van der Waals surface area contributed by atoms with Gasteiger partial charge in [0, 0.05) is 54.3 Å². The van der Waals surface area contributed by atoms with E-state index in [1.54, 1.807) is 5.56 Å². The predicted molar refractivity (Wildman–Crippen MR) is 243 cm³/mol. The fraction of sp³-hybridized carbons (Fsp3) is 0.222. The van der Waals surface area contributed by atoms with E-state index in [1.807, 2.05) is 11.3 Å². The van der Waals surface area contributed by atoms with Gasteiger partial charge in [-0.05, 0) is 169 Å². The summed E-state index contributed by atoms with van der Waals surface area (Å²) in [6.07, 6.45) is 9.49. The SMILES string of the molecule is CCc1cc(N(c2ccc(-c3ccccc3)cc2)c2ccc(C34CC5CC(CC(C5)C3)C4)cc2)cc(N(c2ccccc2)c2ccc3sc4ccccc4c3c2)c1. The van der Waals surface area contributed by atoms with E-state index >= 15 is 0 Å². The lowest BCUT2D eigenvalue weighted by Gasteiger charge is -2.57. The normalized spacial score (nSPS) is 21.0. The Bertz CT molecular complexity index is 2660. The zero-order valence-electron chi connectivity index (χ0n) is 32.7. The molecule has 7 aromatic carbocycles. The van der Waals surface area contributed by atoms with Crippen LogP contribution in [0.4, 0.5) is 34.1 Å². The van der Waals surface area contributed by atoms with Gasteiger partial charge < -0.3 is 9.80 Å². The molecular weight excluding hydrogens is 709 g/mol. The van der Waals surface area contributed by atoms with Crippen molar-refractivity contribution >= 4 is 65.6 Å². The van der Waals surface area contributed by atoms with Gasteiger partial charge in [0.25, 0.3) is 0 Å². The zero-order chi connectivity index (χ0) is 37.9. The van der Waals surface area contributed by atoms with Crippen molar-refractivity contribution in [1.82, 2.24) is 0 Å². The smallest absolute Gasteiger partial charge is 0.0485 e. The summed E-state index contributed by atoms with van der Waals surface area (Å²) >= 11 is 1.87. The fourth-order valence-corrected chi connectivity index (χ4v) is 12.4. The number of rotatable bonds is 9. The number of benzene rings is 7. The summed E-state index contributed by atoms with van der Waals surface area (Å²) in [6.45, 7) is 2.28. The van der Waals surface area contributed by atoms with Gasteiger partial charge in [0.2, 0.25) is 0 Å². The average molecular weight is 757 g/mol. The molecule has 280 valence electrons. The summed E-state index contributed by atoms with van der Waals surface area (Å²) in [5, 5.41) is 2.62. The number of anilines is 6. The summed E-state index contributed by atoms with van der Waals surface area (Å²) in [4.78, 5) is 4.93. The van der Waals surface area contributed by atoms with Crippen molar-refractivity contribution in [3.63, 3.8) is 0 Å². The minimum atomic E-state index is 0.371. The molecule has 4 aliphatic carbocycles. The van der Waals surface area contributed by atoms with Crippen LogP contribution < -0.4 is 9.80 Å². The van der Waals surface area contributed by atoms with Gasteiger partial charge in [0.15, 0.2) is 0 Å². The van der Waals surface area contributed by atoms with Crippen molar-refractivity contribution < 1.29 is 0 Å². The maximum atomic E-state index is 2.50. The number of thiophene rings is 1. The lowest BCUT2D eigenvalue weighted by Crippen LogP contribution is -2.48. The highest BCUT2D eigenvalue weighted by atomic mass is 32.1. The maximum absolute atomic E-state index is 2.50. The van der Waals surface area contributed by atoms with E-state index in [1.165, 1.54) is 86.8 Å². The summed E-state index contributed by atoms with van der Waals surface area (Å²) in [5.41, 5.74) is 12.7. The van der Waals surface area contributed by atoms with E-state index in [2.05, 4.69) is 187 Å². The van der Waals surface area contributed by atoms with Crippen LogP contribution in [0.3, 0.4) is 0 Å². The molecule has 0 atom stereocenters. The first-order valence-electron chi connectivity index (χ1n) is 21.1. The second kappa shape index (κ2) is 14.1. The van der Waals surface area contributed by atoms with Gasteiger partial charge in [-0.15, -0.1) is 11.3 Å². The Kier molecular flexibility index (Phi) is 8.54. The van der Waals surface area contributed by atoms with Gasteiger partial charge in [-0.25, -0.2) is 0 Å². The van der Waals surface area contributed by atoms with E-state index in [0.29, 0.717) is 5.41 Å². The second-order valence-electron chi connectivity index (χ2n) is 17.2. The predicted octanol–water partition coefficient (Wildman–Crippen LogP) is 15.7. The van der Waals surface area contributed by atoms with E-state index in [9.17, 15) is 0 Å². The Labute approximate surface area is 341 Å². The lowest BCUT2D eigenvalue weighted by atomic mass is 9.48. The molecule has 0 N–H and O–H groups in total. The molecule has 0 spiro atoms. The molecule has 0 aliphatic heterocycles. The molecule has 4 aliphatic rings. The molecule has 0 saturated heterocycles. The van der Waals surface area contributed by atoms with Gasteiger partial charge >= 0.3 is 0 Å². The van der Waals surface area contributed by atoms with Crippen LogP contribution in [0.15, 0.2) is 170 Å². The Morgan fingerprint density at radius 2 is 0.965 bits per heavy atom. The number of para-hydroxylation sites is 1. The van der Waals surface area contributed by atoms with Gasteiger partial charge in [0.1, 0.15) is 0 Å². The van der Waals surface area contributed by atoms with Crippen molar-refractivity contribution in [3.05, 3.63) is 181 Å². The van der Waals surface area contributed by atoms with Crippen molar-refractivity contribution in [2.24, 2.45) is 17.8 Å². The lowest BCUT2D eigenvalue weighted by molar-refractivity contribution is -0.00518. The Balaban J connectivity index is 1.05. The van der Waals surface area contributed by atoms with E-state index in [4.69, 9.17) is 0 Å². The van der Waals surface area contributed by atoms with Crippen LogP contribution in [0.1, 0.15) is 56.6 Å². The first kappa shape index (κ1) is 34.6. The van der Waals surface area contributed by atoms with E-state index in [0.717, 1.165) is 46.9 Å². The molecule has 2 nitrogen and oxygen atoms in total. The van der Waals surface area contributed by atoms with Gasteiger partial charge in [0.05, 0.1) is 0 Å². The Morgan fingerprint density at radius 1 is 0.456 bits per heavy atom. The molecule has 57 heavy (non-hydrogen) atoms. The molecule has 0 unspecified atom stereocenters. The zero-order valence-corrected chi connectivity index (χ0v) is 33.5. The van der Waals surface area contributed by atoms with Gasteiger partial charge in [-0.3, -0.25) is 0 Å². The van der Waals surface area contributed by atoms with Gasteiger partial charge in [-0.2, -0.15) is 0 Å². The summed E-state index contributed by atoms with van der Waals surface area (Å²) in [6, 6.07) is 63.6. The third kappa shape index (κ3) is 6.24. The first-order valence-corrected chi connectivity index (χ1v) is 21.9. The van der Waals surface area contributed by atoms with Gasteiger partial charge in [-0.1, -0.05) is 97.9 Å². The highest BCUT2D eigenvalue weighted by Gasteiger charge is 2.51. The number of fused-ring (bicyclic) bond motifs is 3. The van der Waals surface area contributed by atoms with Crippen LogP contribution in [0.25, 0.3) is 31.3 Å². The topological polar surface area (TPSA) is 6.48 Å². The molecule has 1 aromatic heterocycles. The van der Waals surface area contributed by atoms with Crippen LogP contribution >= 0.6 is 11.3 Å². The minimum Gasteiger partial charge on any atom is -0.310 e. The van der Waals surface area contributed by atoms with E-state index in [-0.39, 0.29) is 0 Å². The van der Waals surface area contributed by atoms with Crippen molar-refractivity contribution in [2.75, 3.05) is 9.80 Å². The molecule has 12 rings (SSSR count). The van der Waals surface area contributed by atoms with Crippen LogP contribution in [0, 0.1) is 17.8 Å². The molecule has 1 heterocycles. The van der Waals surface area contributed by atoms with Crippen LogP contribution in [0.5, 0.6) is 0 Å². The molecule has 3 heteroatoms. The van der Waals surface area contributed by atoms with E-state index < -0.39 is 0 Å². The Hall–Kier alpha value is -5.64. The summed E-state index contributed by atoms with van der Waals surface area (Å²) in [7, 11) is 0. The van der Waals surface area contributed by atoms with Crippen molar-refractivity contribution in [2.45, 2.75) is 57.3 Å². The monoisotopic (exact) mass is 756 g/mol. The molecule has 4 fully saturated rings. The number of aryl methyl sites for hydroxylation is 1. The molecular formula is C54H48N2S. The standard InChI is InChI=1S/C54H48N2S/c1-2-37-30-48(32-49(31-37)56(44-13-7-4-8-14-44)47-25-26-53-51(33-47)50-15-9-10-16-52(50)57-53)55(45-21-17-42(18-22-45)41-11-5-3-6-12-41)46-23-19-43(20-24-46)54-34-38-27-39(35-54)29-40(28-38)36-54/h3-26,30-33,38-40H,2,27-29,34-36H2,1H3. The van der Waals surface area contributed by atoms with Crippen molar-refractivity contribution in [3.8, 4) is 11.1 Å². The molecule has 0 radical (unpaired) electrons. The van der Waals surface area contributed by atoms with Crippen LogP contribution in [-0.4, -0.2) is 0 Å². The average Bonchev–Trinajstić information content (AvgIpc) is 3.63. The summed E-state index contributed by atoms with van der Waals surface area (Å²) < 4.78 is 2.65. The Morgan fingerprint density at radius 3 is 1.61 bits per heavy atom. The fourth-order valence-electron chi connectivity index (χ4n) is 11.3. The largest absolute Gasteiger partial charge is 0.310 e. The molecule has 8 aromatic rings. The molecule has 4 saturated carbocycles. The molecule has 4 bridgehead atoms. The number of hydrogen-bond acceptors (Lipinski definition) is 3. The minimum absolute atomic E-state index is 0.371. The first-order chi connectivity index (χ1) is 28.1. The maximum Gasteiger partial charge on any atom is 0.0485 e. The highest BCUT2D eigenvalue weighted by molar-refractivity contribution is 7.25. The number of hydrogen-bond donors (Lipinski definition) is 0. The second-order valence-corrected chi connectivity index (χ2v) is 18.2. The third-order valence-electron chi connectivity index (χ3n) is 13.5. The summed E-state index contributed by atoms with van der Waals surface area (Å²) in [5.74, 6) is 2.78. The number of nitrogens with zero attached hydrogens (tertiary/aromatic N) is 2.